The molecule has 0 radical (unpaired) electrons. The summed E-state index contributed by atoms with van der Waals surface area (Å²) in [4.78, 5) is 15.9. The van der Waals surface area contributed by atoms with Gasteiger partial charge >= 0.3 is 0 Å². The van der Waals surface area contributed by atoms with E-state index in [2.05, 4.69) is 48.2 Å². The molecule has 1 amide bonds. The van der Waals surface area contributed by atoms with Gasteiger partial charge in [-0.2, -0.15) is 0 Å². The number of carbonyl (C=O) groups excluding carboxylic acids is 1. The van der Waals surface area contributed by atoms with Crippen molar-refractivity contribution in [1.82, 2.24) is 4.90 Å². The fourth-order valence-corrected chi connectivity index (χ4v) is 6.92. The molecular formula is C23H27NO2. The Morgan fingerprint density at radius 3 is 2.69 bits per heavy atom. The predicted molar refractivity (Wildman–Crippen MR) is 99.1 cm³/mol. The van der Waals surface area contributed by atoms with Gasteiger partial charge in [-0.3, -0.25) is 4.79 Å². The van der Waals surface area contributed by atoms with Crippen molar-refractivity contribution in [3.63, 3.8) is 0 Å². The molecule has 2 saturated carbocycles. The first kappa shape index (κ1) is 15.4. The van der Waals surface area contributed by atoms with Gasteiger partial charge in [0.15, 0.2) is 5.72 Å². The van der Waals surface area contributed by atoms with Crippen LogP contribution in [0.15, 0.2) is 36.4 Å². The number of ether oxygens (including phenoxy) is 1. The van der Waals surface area contributed by atoms with Crippen molar-refractivity contribution in [3.05, 3.63) is 47.5 Å². The summed E-state index contributed by atoms with van der Waals surface area (Å²) in [5, 5.41) is 0. The number of fused-ring (bicyclic) bond motifs is 9. The van der Waals surface area contributed by atoms with Crippen molar-refractivity contribution in [3.8, 4) is 0 Å². The molecule has 6 rings (SSSR count). The average Bonchev–Trinajstić information content (AvgIpc) is 3.35. The van der Waals surface area contributed by atoms with E-state index in [-0.39, 0.29) is 5.92 Å². The zero-order valence-electron chi connectivity index (χ0n) is 15.4. The molecule has 0 spiro atoms. The summed E-state index contributed by atoms with van der Waals surface area (Å²) in [6, 6.07) is 9.14. The lowest BCUT2D eigenvalue weighted by atomic mass is 9.73. The van der Waals surface area contributed by atoms with E-state index in [1.165, 1.54) is 30.4 Å². The van der Waals surface area contributed by atoms with Gasteiger partial charge in [0, 0.05) is 29.4 Å². The maximum absolute atomic E-state index is 13.7. The summed E-state index contributed by atoms with van der Waals surface area (Å²) in [6.07, 6.45) is 10.5. The Labute approximate surface area is 155 Å². The third-order valence-corrected chi connectivity index (χ3v) is 8.02. The van der Waals surface area contributed by atoms with Crippen molar-refractivity contribution < 1.29 is 9.53 Å². The van der Waals surface area contributed by atoms with E-state index in [1.54, 1.807) is 0 Å². The Morgan fingerprint density at radius 1 is 1.08 bits per heavy atom. The highest BCUT2D eigenvalue weighted by atomic mass is 16.5. The fraction of sp³-hybridized carbons (Fsp3) is 0.609. The van der Waals surface area contributed by atoms with Gasteiger partial charge in [0.2, 0.25) is 5.91 Å². The van der Waals surface area contributed by atoms with Crippen LogP contribution in [0, 0.1) is 36.5 Å². The summed E-state index contributed by atoms with van der Waals surface area (Å²) >= 11 is 0. The van der Waals surface area contributed by atoms with Crippen molar-refractivity contribution >= 4 is 5.91 Å². The van der Waals surface area contributed by atoms with Crippen LogP contribution in [0.5, 0.6) is 0 Å². The van der Waals surface area contributed by atoms with E-state index >= 15 is 0 Å². The van der Waals surface area contributed by atoms with Gasteiger partial charge in [-0.15, -0.1) is 0 Å². The number of hydrogen-bond donors (Lipinski definition) is 0. The molecule has 1 aromatic carbocycles. The van der Waals surface area contributed by atoms with Crippen LogP contribution < -0.4 is 0 Å². The fourth-order valence-electron chi connectivity index (χ4n) is 6.92. The van der Waals surface area contributed by atoms with Crippen molar-refractivity contribution in [1.29, 1.82) is 0 Å². The first-order chi connectivity index (χ1) is 12.7. The van der Waals surface area contributed by atoms with Gasteiger partial charge in [-0.05, 0) is 38.0 Å². The highest BCUT2D eigenvalue weighted by Crippen LogP contribution is 2.61. The van der Waals surface area contributed by atoms with Gasteiger partial charge < -0.3 is 9.64 Å². The maximum Gasteiger partial charge on any atom is 0.228 e. The first-order valence-corrected chi connectivity index (χ1v) is 10.4. The number of allylic oxidation sites excluding steroid dienone is 1. The number of aryl methyl sites for hydroxylation is 1. The summed E-state index contributed by atoms with van der Waals surface area (Å²) in [7, 11) is 0. The molecule has 26 heavy (non-hydrogen) atoms. The Morgan fingerprint density at radius 2 is 1.85 bits per heavy atom. The number of hydrogen-bond acceptors (Lipinski definition) is 2. The first-order valence-electron chi connectivity index (χ1n) is 10.4. The third kappa shape index (κ3) is 1.76. The molecule has 3 aliphatic carbocycles. The second-order valence-electron chi connectivity index (χ2n) is 9.18. The average molecular weight is 349 g/mol. The number of benzene rings is 1. The van der Waals surface area contributed by atoms with E-state index in [1.807, 2.05) is 0 Å². The maximum atomic E-state index is 13.7. The zero-order chi connectivity index (χ0) is 17.5. The van der Waals surface area contributed by atoms with Crippen LogP contribution in [-0.2, 0) is 15.3 Å². The quantitative estimate of drug-likeness (QED) is 0.717. The normalized spacial score (nSPS) is 45.6. The second-order valence-corrected chi connectivity index (χ2v) is 9.18. The third-order valence-electron chi connectivity index (χ3n) is 8.02. The largest absolute Gasteiger partial charge is 0.350 e. The van der Waals surface area contributed by atoms with Crippen LogP contribution in [0.4, 0.5) is 0 Å². The molecule has 3 nitrogen and oxygen atoms in total. The summed E-state index contributed by atoms with van der Waals surface area (Å²) in [5.74, 6) is 2.49. The van der Waals surface area contributed by atoms with E-state index < -0.39 is 5.72 Å². The molecule has 5 aliphatic rings. The molecule has 0 unspecified atom stereocenters. The van der Waals surface area contributed by atoms with Crippen LogP contribution in [0.3, 0.4) is 0 Å². The van der Waals surface area contributed by atoms with Crippen molar-refractivity contribution in [2.75, 3.05) is 6.61 Å². The minimum atomic E-state index is -0.518. The monoisotopic (exact) mass is 349 g/mol. The van der Waals surface area contributed by atoms with Crippen LogP contribution in [-0.4, -0.2) is 23.5 Å². The molecule has 0 N–H and O–H groups in total. The lowest BCUT2D eigenvalue weighted by Gasteiger charge is -2.53. The molecule has 136 valence electrons. The molecule has 1 aromatic rings. The highest BCUT2D eigenvalue weighted by Gasteiger charge is 2.68. The Balaban J connectivity index is 1.53. The number of nitrogens with zero attached hydrogens (tertiary/aromatic N) is 1. The van der Waals surface area contributed by atoms with Gasteiger partial charge in [-0.25, -0.2) is 0 Å². The van der Waals surface area contributed by atoms with Gasteiger partial charge in [0.25, 0.3) is 0 Å². The van der Waals surface area contributed by atoms with Gasteiger partial charge in [-0.1, -0.05) is 54.8 Å². The van der Waals surface area contributed by atoms with Crippen LogP contribution in [0.25, 0.3) is 0 Å². The SMILES string of the molecule is Cc1ccc([C@@]23OC[C@H]4[C@@H]([C@@H]5C=C[C@H]4C5)N2C(=O)[C@H]2CCCC[C@H]23)cc1. The lowest BCUT2D eigenvalue weighted by molar-refractivity contribution is -0.237. The van der Waals surface area contributed by atoms with Crippen molar-refractivity contribution in [2.24, 2.45) is 29.6 Å². The molecule has 2 heterocycles. The Hall–Kier alpha value is -1.61. The van der Waals surface area contributed by atoms with Crippen LogP contribution in [0.2, 0.25) is 0 Å². The van der Waals surface area contributed by atoms with E-state index in [0.29, 0.717) is 35.6 Å². The predicted octanol–water partition coefficient (Wildman–Crippen LogP) is 4.02. The second kappa shape index (κ2) is 5.22. The lowest BCUT2D eigenvalue weighted by Crippen LogP contribution is -2.61. The standard InChI is InChI=1S/C23H27NO2/c1-14-6-10-17(11-7-14)23-20-5-3-2-4-18(20)22(25)24(23)21-16-9-8-15(12-16)19(21)13-26-23/h6-11,15-16,18-21H,2-5,12-13H2,1H3/t15-,16+,18-,19+,20+,21+,23-/m0/s1. The highest BCUT2D eigenvalue weighted by molar-refractivity contribution is 5.84. The van der Waals surface area contributed by atoms with Crippen LogP contribution in [0.1, 0.15) is 43.2 Å². The number of amides is 1. The smallest absolute Gasteiger partial charge is 0.228 e. The molecule has 2 bridgehead atoms. The number of carbonyl (C=O) groups is 1. The minimum Gasteiger partial charge on any atom is -0.350 e. The number of rotatable bonds is 1. The molecule has 2 saturated heterocycles. The molecular weight excluding hydrogens is 322 g/mol. The molecule has 2 aliphatic heterocycles. The summed E-state index contributed by atoms with van der Waals surface area (Å²) in [6.45, 7) is 2.93. The molecule has 3 heteroatoms. The molecule has 0 aromatic heterocycles. The summed E-state index contributed by atoms with van der Waals surface area (Å²) in [5.41, 5.74) is 1.95. The van der Waals surface area contributed by atoms with Gasteiger partial charge in [0.1, 0.15) is 0 Å². The van der Waals surface area contributed by atoms with Gasteiger partial charge in [0.05, 0.1) is 6.61 Å². The summed E-state index contributed by atoms with van der Waals surface area (Å²) < 4.78 is 6.79. The van der Waals surface area contributed by atoms with E-state index in [4.69, 9.17) is 4.74 Å². The topological polar surface area (TPSA) is 29.5 Å². The van der Waals surface area contributed by atoms with Crippen molar-refractivity contribution in [2.45, 2.75) is 50.8 Å². The van der Waals surface area contributed by atoms with Crippen LogP contribution >= 0.6 is 0 Å². The zero-order valence-corrected chi connectivity index (χ0v) is 15.4. The van der Waals surface area contributed by atoms with E-state index in [9.17, 15) is 4.79 Å². The molecule has 4 fully saturated rings. The van der Waals surface area contributed by atoms with E-state index in [0.717, 1.165) is 19.4 Å². The molecule has 7 atom stereocenters. The Bertz CT molecular complexity index is 784. The Kier molecular flexibility index (Phi) is 3.10. The minimum absolute atomic E-state index is 0.159.